The van der Waals surface area contributed by atoms with Gasteiger partial charge in [-0.3, -0.25) is 4.79 Å². The molecule has 0 saturated carbocycles. The minimum atomic E-state index is -1.53. The third-order valence-corrected chi connectivity index (χ3v) is 3.45. The van der Waals surface area contributed by atoms with Crippen molar-refractivity contribution in [3.05, 3.63) is 51.2 Å². The molecule has 2 aromatic rings. The lowest BCUT2D eigenvalue weighted by Crippen LogP contribution is -2.21. The zero-order valence-corrected chi connectivity index (χ0v) is 10.5. The van der Waals surface area contributed by atoms with Crippen LogP contribution in [-0.2, 0) is 12.8 Å². The van der Waals surface area contributed by atoms with Gasteiger partial charge in [-0.1, -0.05) is 0 Å². The fourth-order valence-corrected chi connectivity index (χ4v) is 2.43. The summed E-state index contributed by atoms with van der Waals surface area (Å²) in [5.41, 5.74) is 1.00. The van der Waals surface area contributed by atoms with E-state index in [1.807, 2.05) is 0 Å². The Morgan fingerprint density at radius 2 is 1.70 bits per heavy atom. The molecule has 1 aromatic heterocycles. The quantitative estimate of drug-likeness (QED) is 0.816. The van der Waals surface area contributed by atoms with Gasteiger partial charge in [0.1, 0.15) is 5.82 Å². The molecule has 0 radical (unpaired) electrons. The minimum Gasteiger partial charge on any atom is -0.306 e. The van der Waals surface area contributed by atoms with Crippen LogP contribution in [0.25, 0.3) is 11.4 Å². The van der Waals surface area contributed by atoms with E-state index in [-0.39, 0.29) is 16.9 Å². The number of hydrogen-bond donors (Lipinski definition) is 1. The van der Waals surface area contributed by atoms with Gasteiger partial charge in [0.25, 0.3) is 5.56 Å². The van der Waals surface area contributed by atoms with Crippen LogP contribution in [-0.4, -0.2) is 9.97 Å². The molecule has 0 saturated heterocycles. The van der Waals surface area contributed by atoms with Crippen molar-refractivity contribution in [2.75, 3.05) is 0 Å². The Kier molecular flexibility index (Phi) is 3.08. The van der Waals surface area contributed by atoms with Crippen LogP contribution in [0.4, 0.5) is 13.2 Å². The molecule has 0 unspecified atom stereocenters. The molecule has 0 amide bonds. The Balaban J connectivity index is 2.16. The molecule has 0 spiro atoms. The van der Waals surface area contributed by atoms with Gasteiger partial charge in [0.05, 0.1) is 5.69 Å². The van der Waals surface area contributed by atoms with Crippen molar-refractivity contribution in [3.8, 4) is 11.4 Å². The standard InChI is InChI=1S/C14H11F3N2O/c15-9-5-7(6-10(16)12(9)17)13-18-11-4-2-1-3-8(11)14(20)19-13/h5-6H,1-4H2,(H,18,19,20). The van der Waals surface area contributed by atoms with Crippen molar-refractivity contribution in [1.29, 1.82) is 0 Å². The van der Waals surface area contributed by atoms with Gasteiger partial charge >= 0.3 is 0 Å². The summed E-state index contributed by atoms with van der Waals surface area (Å²) in [7, 11) is 0. The van der Waals surface area contributed by atoms with Gasteiger partial charge in [-0.05, 0) is 37.8 Å². The molecule has 1 aromatic carbocycles. The summed E-state index contributed by atoms with van der Waals surface area (Å²) < 4.78 is 39.4. The molecule has 1 aliphatic rings. The van der Waals surface area contributed by atoms with Crippen LogP contribution in [0.15, 0.2) is 16.9 Å². The van der Waals surface area contributed by atoms with Crippen LogP contribution in [0.5, 0.6) is 0 Å². The fraction of sp³-hybridized carbons (Fsp3) is 0.286. The topological polar surface area (TPSA) is 45.8 Å². The number of aryl methyl sites for hydroxylation is 1. The maximum absolute atomic E-state index is 13.2. The lowest BCUT2D eigenvalue weighted by Gasteiger charge is -2.14. The van der Waals surface area contributed by atoms with E-state index in [4.69, 9.17) is 0 Å². The fourth-order valence-electron chi connectivity index (χ4n) is 2.43. The first-order chi connectivity index (χ1) is 9.56. The van der Waals surface area contributed by atoms with Crippen molar-refractivity contribution in [3.63, 3.8) is 0 Å². The maximum Gasteiger partial charge on any atom is 0.254 e. The van der Waals surface area contributed by atoms with E-state index >= 15 is 0 Å². The average Bonchev–Trinajstić information content (AvgIpc) is 2.44. The number of aromatic nitrogens is 2. The highest BCUT2D eigenvalue weighted by molar-refractivity contribution is 5.55. The third-order valence-electron chi connectivity index (χ3n) is 3.45. The molecule has 0 bridgehead atoms. The predicted molar refractivity (Wildman–Crippen MR) is 66.8 cm³/mol. The molecule has 3 nitrogen and oxygen atoms in total. The zero-order valence-electron chi connectivity index (χ0n) is 10.5. The Hall–Kier alpha value is -2.11. The number of fused-ring (bicyclic) bond motifs is 1. The van der Waals surface area contributed by atoms with Gasteiger partial charge in [-0.2, -0.15) is 0 Å². The molecule has 104 valence electrons. The normalized spacial score (nSPS) is 14.2. The highest BCUT2D eigenvalue weighted by atomic mass is 19.2. The Labute approximate surface area is 112 Å². The van der Waals surface area contributed by atoms with Crippen LogP contribution in [0.1, 0.15) is 24.1 Å². The molecule has 0 fully saturated rings. The smallest absolute Gasteiger partial charge is 0.254 e. The molecule has 3 rings (SSSR count). The van der Waals surface area contributed by atoms with Gasteiger partial charge in [-0.15, -0.1) is 0 Å². The molecule has 20 heavy (non-hydrogen) atoms. The molecular weight excluding hydrogens is 269 g/mol. The third kappa shape index (κ3) is 2.11. The van der Waals surface area contributed by atoms with Crippen molar-refractivity contribution >= 4 is 0 Å². The molecule has 1 N–H and O–H groups in total. The number of hydrogen-bond acceptors (Lipinski definition) is 2. The molecule has 1 heterocycles. The van der Waals surface area contributed by atoms with Crippen molar-refractivity contribution in [2.45, 2.75) is 25.7 Å². The number of nitrogens with zero attached hydrogens (tertiary/aromatic N) is 1. The van der Waals surface area contributed by atoms with Crippen molar-refractivity contribution < 1.29 is 13.2 Å². The summed E-state index contributed by atoms with van der Waals surface area (Å²) in [4.78, 5) is 18.7. The Morgan fingerprint density at radius 1 is 1.05 bits per heavy atom. The number of halogens is 3. The first kappa shape index (κ1) is 12.9. The first-order valence-corrected chi connectivity index (χ1v) is 6.33. The van der Waals surface area contributed by atoms with Crippen LogP contribution >= 0.6 is 0 Å². The van der Waals surface area contributed by atoms with Gasteiger partial charge in [-0.25, -0.2) is 18.2 Å². The van der Waals surface area contributed by atoms with Crippen LogP contribution in [0.2, 0.25) is 0 Å². The maximum atomic E-state index is 13.2. The summed E-state index contributed by atoms with van der Waals surface area (Å²) in [5, 5.41) is 0. The molecule has 0 atom stereocenters. The van der Waals surface area contributed by atoms with Gasteiger partial charge in [0.15, 0.2) is 17.5 Å². The predicted octanol–water partition coefficient (Wildman–Crippen LogP) is 2.73. The Morgan fingerprint density at radius 3 is 2.40 bits per heavy atom. The van der Waals surface area contributed by atoms with Crippen LogP contribution in [0.3, 0.4) is 0 Å². The van der Waals surface area contributed by atoms with Crippen molar-refractivity contribution in [1.82, 2.24) is 9.97 Å². The van der Waals surface area contributed by atoms with E-state index in [9.17, 15) is 18.0 Å². The second kappa shape index (κ2) is 4.77. The van der Waals surface area contributed by atoms with Crippen LogP contribution < -0.4 is 5.56 Å². The van der Waals surface area contributed by atoms with Gasteiger partial charge < -0.3 is 4.98 Å². The second-order valence-corrected chi connectivity index (χ2v) is 4.80. The molecular formula is C14H11F3N2O. The summed E-state index contributed by atoms with van der Waals surface area (Å²) >= 11 is 0. The van der Waals surface area contributed by atoms with E-state index in [1.54, 1.807) is 0 Å². The van der Waals surface area contributed by atoms with E-state index < -0.39 is 17.5 Å². The molecule has 1 aliphatic carbocycles. The molecule has 6 heteroatoms. The SMILES string of the molecule is O=c1[nH]c(-c2cc(F)c(F)c(F)c2)nc2c1CCCC2. The lowest BCUT2D eigenvalue weighted by atomic mass is 9.97. The second-order valence-electron chi connectivity index (χ2n) is 4.80. The molecule has 0 aliphatic heterocycles. The largest absolute Gasteiger partial charge is 0.306 e. The highest BCUT2D eigenvalue weighted by Gasteiger charge is 2.18. The summed E-state index contributed by atoms with van der Waals surface area (Å²) in [5.74, 6) is -4.08. The van der Waals surface area contributed by atoms with Crippen LogP contribution in [0, 0.1) is 17.5 Å². The Bertz CT molecular complexity index is 717. The number of nitrogens with one attached hydrogen (secondary N) is 1. The van der Waals surface area contributed by atoms with Gasteiger partial charge in [0, 0.05) is 11.1 Å². The van der Waals surface area contributed by atoms with E-state index in [0.29, 0.717) is 24.1 Å². The highest BCUT2D eigenvalue weighted by Crippen LogP contribution is 2.23. The van der Waals surface area contributed by atoms with E-state index in [1.165, 1.54) is 0 Å². The summed E-state index contributed by atoms with van der Waals surface area (Å²) in [6.07, 6.45) is 3.18. The summed E-state index contributed by atoms with van der Waals surface area (Å²) in [6, 6.07) is 1.65. The monoisotopic (exact) mass is 280 g/mol. The number of aromatic amines is 1. The van der Waals surface area contributed by atoms with E-state index in [0.717, 1.165) is 25.0 Å². The van der Waals surface area contributed by atoms with Gasteiger partial charge in [0.2, 0.25) is 0 Å². The van der Waals surface area contributed by atoms with E-state index in [2.05, 4.69) is 9.97 Å². The first-order valence-electron chi connectivity index (χ1n) is 6.33. The number of H-pyrrole nitrogens is 1. The number of rotatable bonds is 1. The summed E-state index contributed by atoms with van der Waals surface area (Å²) in [6.45, 7) is 0. The van der Waals surface area contributed by atoms with Crippen molar-refractivity contribution in [2.24, 2.45) is 0 Å². The minimum absolute atomic E-state index is 0.0203. The number of benzene rings is 1. The average molecular weight is 280 g/mol. The lowest BCUT2D eigenvalue weighted by molar-refractivity contribution is 0.447. The zero-order chi connectivity index (χ0) is 14.3.